The first-order valence-corrected chi connectivity index (χ1v) is 23.2. The lowest BCUT2D eigenvalue weighted by Crippen LogP contribution is -2.67. The van der Waals surface area contributed by atoms with Crippen molar-refractivity contribution in [2.75, 3.05) is 13.2 Å². The van der Waals surface area contributed by atoms with Crippen LogP contribution in [0.3, 0.4) is 0 Å². The number of ether oxygens (including phenoxy) is 8. The van der Waals surface area contributed by atoms with Gasteiger partial charge in [-0.15, -0.1) is 0 Å². The molecule has 4 aliphatic heterocycles. The second kappa shape index (κ2) is 19.3. The molecule has 0 aromatic carbocycles. The molecule has 0 bridgehead atoms. The summed E-state index contributed by atoms with van der Waals surface area (Å²) in [4.78, 5) is 12.6. The molecular weight excluding hydrogens is 860 g/mol. The van der Waals surface area contributed by atoms with Crippen molar-refractivity contribution in [1.29, 1.82) is 0 Å². The van der Waals surface area contributed by atoms with E-state index in [0.717, 1.165) is 37.7 Å². The third kappa shape index (κ3) is 8.84. The highest BCUT2D eigenvalue weighted by atomic mass is 16.8. The molecule has 0 spiro atoms. The lowest BCUT2D eigenvalue weighted by atomic mass is 9.47. The van der Waals surface area contributed by atoms with Crippen LogP contribution in [0.15, 0.2) is 23.3 Å². The van der Waals surface area contributed by atoms with Gasteiger partial charge in [0.1, 0.15) is 85.5 Å². The normalized spacial score (nSPS) is 53.6. The van der Waals surface area contributed by atoms with Crippen LogP contribution in [0.2, 0.25) is 0 Å². The van der Waals surface area contributed by atoms with E-state index in [9.17, 15) is 61.0 Å². The maximum Gasteiger partial charge on any atom is 0.187 e. The van der Waals surface area contributed by atoms with Crippen molar-refractivity contribution >= 4 is 5.78 Å². The maximum atomic E-state index is 12.6. The Kier molecular flexibility index (Phi) is 14.8. The fourth-order valence-electron chi connectivity index (χ4n) is 12.6. The third-order valence-corrected chi connectivity index (χ3v) is 16.5. The van der Waals surface area contributed by atoms with Gasteiger partial charge in [0.25, 0.3) is 0 Å². The molecule has 8 aliphatic rings. The van der Waals surface area contributed by atoms with Crippen molar-refractivity contribution in [2.24, 2.45) is 28.6 Å². The maximum absolute atomic E-state index is 12.6. The first kappa shape index (κ1) is 49.8. The van der Waals surface area contributed by atoms with Crippen molar-refractivity contribution in [1.82, 2.24) is 0 Å². The molecule has 4 heterocycles. The molecule has 4 saturated heterocycles. The molecule has 11 N–H and O–H groups in total. The topological polar surface area (TPSA) is 313 Å². The van der Waals surface area contributed by atoms with Crippen molar-refractivity contribution in [3.63, 3.8) is 0 Å². The van der Waals surface area contributed by atoms with Gasteiger partial charge in [-0.25, -0.2) is 0 Å². The summed E-state index contributed by atoms with van der Waals surface area (Å²) in [5.41, 5.74) is 1.96. The van der Waals surface area contributed by atoms with Crippen LogP contribution < -0.4 is 0 Å². The van der Waals surface area contributed by atoms with E-state index >= 15 is 0 Å². The van der Waals surface area contributed by atoms with Crippen molar-refractivity contribution in [2.45, 2.75) is 208 Å². The van der Waals surface area contributed by atoms with Crippen molar-refractivity contribution in [3.05, 3.63) is 23.3 Å². The lowest BCUT2D eigenvalue weighted by molar-refractivity contribution is -0.398. The van der Waals surface area contributed by atoms with E-state index in [2.05, 4.69) is 26.0 Å². The average Bonchev–Trinajstić information content (AvgIpc) is 3.64. The molecule has 0 amide bonds. The number of carbonyl (C=O) groups excluding carboxylic acids is 1. The first-order chi connectivity index (χ1) is 30.7. The van der Waals surface area contributed by atoms with Crippen LogP contribution >= 0.6 is 0 Å². The molecule has 26 atom stereocenters. The number of allylic oxidation sites excluding steroid dienone is 3. The standard InChI is InChI=1S/C45H70O20/c1-17(48)23-8-9-24-22-7-6-20-14-21(10-12-44(20,4)25(22)11-13-45(23,24)5)60-43-39(65-40-34(55)31(52)28(49)18(2)58-40)38(30(51)27(16-47)62-43)64-41-36(57)33(54)37(19(3)59-41)63-42-35(56)32(53)29(50)26(15-46)61-42/h6,8,18-19,21-22,24-43,46-47,49-57H,7,9-16H2,1-5H3/t18-,19-,21?,22-,24-,25-,26+,27+,28-,29+,30+,31+,32-,33-,34+,35+,36+,37-,38-,39+,40-,41?,42-,43+,44-,45+/m0/s1. The largest absolute Gasteiger partial charge is 0.394 e. The molecule has 65 heavy (non-hydrogen) atoms. The van der Waals surface area contributed by atoms with Crippen LogP contribution in [0, 0.1) is 28.6 Å². The summed E-state index contributed by atoms with van der Waals surface area (Å²) >= 11 is 0. The molecule has 20 nitrogen and oxygen atoms in total. The van der Waals surface area contributed by atoms with Gasteiger partial charge >= 0.3 is 0 Å². The Morgan fingerprint density at radius 3 is 1.80 bits per heavy atom. The van der Waals surface area contributed by atoms with Gasteiger partial charge in [-0.05, 0) is 99.9 Å². The number of fused-ring (bicyclic) bond motifs is 5. The molecule has 20 heteroatoms. The fourth-order valence-corrected chi connectivity index (χ4v) is 12.6. The van der Waals surface area contributed by atoms with E-state index in [1.54, 1.807) is 6.92 Å². The monoisotopic (exact) mass is 930 g/mol. The van der Waals surface area contributed by atoms with Gasteiger partial charge in [-0.2, -0.15) is 0 Å². The van der Waals surface area contributed by atoms with Crippen LogP contribution in [0.4, 0.5) is 0 Å². The Bertz CT molecular complexity index is 1750. The molecule has 8 rings (SSSR count). The minimum Gasteiger partial charge on any atom is -0.394 e. The quantitative estimate of drug-likeness (QED) is 0.0979. The summed E-state index contributed by atoms with van der Waals surface area (Å²) in [6.45, 7) is 7.68. The highest BCUT2D eigenvalue weighted by Crippen LogP contribution is 2.65. The number of aliphatic hydroxyl groups excluding tert-OH is 11. The number of carbonyl (C=O) groups is 1. The number of aliphatic hydroxyl groups is 11. The second-order valence-electron chi connectivity index (χ2n) is 20.2. The minimum absolute atomic E-state index is 0.120. The molecule has 370 valence electrons. The van der Waals surface area contributed by atoms with Crippen LogP contribution in [0.5, 0.6) is 0 Å². The molecule has 0 aromatic heterocycles. The second-order valence-corrected chi connectivity index (χ2v) is 20.2. The predicted molar refractivity (Wildman–Crippen MR) is 220 cm³/mol. The van der Waals surface area contributed by atoms with Crippen molar-refractivity contribution < 1.29 is 98.9 Å². The van der Waals surface area contributed by atoms with Gasteiger partial charge in [-0.1, -0.05) is 31.6 Å². The number of Topliss-reactive ketones (excluding diaryl/α,β-unsaturated/α-hetero) is 1. The highest BCUT2D eigenvalue weighted by molar-refractivity contribution is 5.95. The Morgan fingerprint density at radius 2 is 1.14 bits per heavy atom. The lowest BCUT2D eigenvalue weighted by Gasteiger charge is -2.58. The van der Waals surface area contributed by atoms with E-state index in [1.165, 1.54) is 19.4 Å². The zero-order chi connectivity index (χ0) is 47.0. The van der Waals surface area contributed by atoms with E-state index in [4.69, 9.17) is 37.9 Å². The number of hydrogen-bond donors (Lipinski definition) is 11. The van der Waals surface area contributed by atoms with E-state index in [1.807, 2.05) is 0 Å². The SMILES string of the molecule is CC(=O)C1=CC[C@H]2[C@@H]3CC=C4CC(O[C@@H]5O[C@H](CO)[C@@H](O)[C@H](OC6O[C@@H](C)[C@H](O[C@@H]7O[C@H](CO)[C@@H](O)[C@H](O)[C@H]7O)[C@@H](O)[C@H]6O)[C@H]5O[C@@H]5O[C@@H](C)[C@H](O)[C@@H](O)[C@H]5O)CC[C@]4(C)[C@H]3CC[C@]12C. The molecule has 4 aliphatic carbocycles. The third-order valence-electron chi connectivity index (χ3n) is 16.5. The smallest absolute Gasteiger partial charge is 0.187 e. The minimum atomic E-state index is -1.93. The van der Waals surface area contributed by atoms with Crippen LogP contribution in [-0.2, 0) is 42.7 Å². The van der Waals surface area contributed by atoms with Crippen LogP contribution in [0.1, 0.15) is 79.6 Å². The first-order valence-electron chi connectivity index (χ1n) is 23.2. The Morgan fingerprint density at radius 1 is 0.585 bits per heavy atom. The number of rotatable bonds is 11. The number of hydrogen-bond acceptors (Lipinski definition) is 20. The van der Waals surface area contributed by atoms with Crippen molar-refractivity contribution in [3.8, 4) is 0 Å². The van der Waals surface area contributed by atoms with Crippen LogP contribution in [0.25, 0.3) is 0 Å². The molecule has 2 saturated carbocycles. The molecule has 6 fully saturated rings. The van der Waals surface area contributed by atoms with Crippen LogP contribution in [-0.4, -0.2) is 204 Å². The zero-order valence-corrected chi connectivity index (χ0v) is 37.5. The molecule has 0 aromatic rings. The van der Waals surface area contributed by atoms with Gasteiger partial charge in [0.05, 0.1) is 31.5 Å². The van der Waals surface area contributed by atoms with E-state index in [0.29, 0.717) is 30.6 Å². The predicted octanol–water partition coefficient (Wildman–Crippen LogP) is -2.21. The van der Waals surface area contributed by atoms with Gasteiger partial charge < -0.3 is 94.1 Å². The summed E-state index contributed by atoms with van der Waals surface area (Å²) in [5, 5.41) is 118. The fraction of sp³-hybridized carbons (Fsp3) is 0.889. The van der Waals surface area contributed by atoms with Gasteiger partial charge in [-0.3, -0.25) is 4.79 Å². The summed E-state index contributed by atoms with van der Waals surface area (Å²) in [7, 11) is 0. The Balaban J connectivity index is 1.02. The Labute approximate surface area is 377 Å². The molecule has 2 unspecified atom stereocenters. The zero-order valence-electron chi connectivity index (χ0n) is 37.5. The van der Waals surface area contributed by atoms with Gasteiger partial charge in [0, 0.05) is 0 Å². The summed E-state index contributed by atoms with van der Waals surface area (Å²) < 4.78 is 48.4. The Hall–Kier alpha value is -1.61. The highest BCUT2D eigenvalue weighted by Gasteiger charge is 2.59. The average molecular weight is 931 g/mol. The summed E-state index contributed by atoms with van der Waals surface area (Å²) in [5.74, 6) is 1.36. The van der Waals surface area contributed by atoms with Gasteiger partial charge in [0.15, 0.2) is 30.9 Å². The number of ketones is 1. The molecular formula is C45H70O20. The van der Waals surface area contributed by atoms with Gasteiger partial charge in [0.2, 0.25) is 0 Å². The molecule has 0 radical (unpaired) electrons. The van der Waals surface area contributed by atoms with E-state index < -0.39 is 142 Å². The summed E-state index contributed by atoms with van der Waals surface area (Å²) in [6.07, 6.45) is -22.0. The summed E-state index contributed by atoms with van der Waals surface area (Å²) in [6, 6.07) is 0. The van der Waals surface area contributed by atoms with E-state index in [-0.39, 0.29) is 16.6 Å².